The van der Waals surface area contributed by atoms with Crippen molar-refractivity contribution in [3.63, 3.8) is 0 Å². The lowest BCUT2D eigenvalue weighted by Gasteiger charge is -2.32. The first-order valence-electron chi connectivity index (χ1n) is 13.2. The average Bonchev–Trinajstić information content (AvgIpc) is 3.68. The van der Waals surface area contributed by atoms with Gasteiger partial charge in [-0.05, 0) is 0 Å². The van der Waals surface area contributed by atoms with Crippen LogP contribution >= 0.6 is 26.9 Å². The summed E-state index contributed by atoms with van der Waals surface area (Å²) in [6, 6.07) is 0. The molecule has 6 heterocycles. The smallest absolute Gasteiger partial charge is 0.386 e. The number of phosphoric ester groups is 1. The van der Waals surface area contributed by atoms with E-state index in [1.807, 2.05) is 0 Å². The van der Waals surface area contributed by atoms with Crippen LogP contribution in [0.3, 0.4) is 0 Å². The van der Waals surface area contributed by atoms with Crippen LogP contribution in [0, 0.1) is 11.7 Å². The fraction of sp³-hybridized carbons (Fsp3) is 0.500. The number of nitrogens with one attached hydrogen (secondary N) is 1. The zero-order chi connectivity index (χ0) is 33.0. The number of nitrogens with two attached hydrogens (primary N) is 1. The van der Waals surface area contributed by atoms with Gasteiger partial charge in [-0.1, -0.05) is 12.2 Å². The summed E-state index contributed by atoms with van der Waals surface area (Å²) in [7, 11) is -3.85. The van der Waals surface area contributed by atoms with Crippen molar-refractivity contribution in [1.29, 1.82) is 0 Å². The fourth-order valence-corrected chi connectivity index (χ4v) is 7.29. The first-order chi connectivity index (χ1) is 21.8. The number of fused-ring (bicyclic) bond motifs is 3. The van der Waals surface area contributed by atoms with Gasteiger partial charge < -0.3 is 30.2 Å². The van der Waals surface area contributed by atoms with E-state index in [-0.39, 0.29) is 22.6 Å². The Morgan fingerprint density at radius 3 is 2.63 bits per heavy atom. The Bertz CT molecular complexity index is 1910. The van der Waals surface area contributed by atoms with Gasteiger partial charge in [0.15, 0.2) is 41.6 Å². The normalized spacial score (nSPS) is 34.9. The molecule has 5 N–H and O–H groups in total. The molecule has 250 valence electrons. The predicted octanol–water partition coefficient (Wildman–Crippen LogP) is 1.23. The number of aromatic nitrogens is 7. The standard InChI is InChI=1S/C22H26F2N8O11P2S/c1-38-12-5-40-44(35,36)39-3-9-11(42-21(14(9)24)32-8-30-15-17(25)26-6-28-19(15)32)4-41-45(37,46)43-22(16(12)33)31-2-10(23)13-18(31)27-7-29-20(13)34/h2,6-9,11-12,14,16,21-22,33H,3-5H2,1H3,(H,35,36)(H,37,46)(H2,25,26,28)(H,27,29,34)/t9-,11-,12-,14-,16-,21-,22-,45?/m1/s1. The van der Waals surface area contributed by atoms with E-state index in [4.69, 9.17) is 33.3 Å². The molecule has 2 aliphatic heterocycles. The number of aliphatic hydroxyl groups excluding tert-OH is 1. The Labute approximate surface area is 261 Å². The number of nitrogens with zero attached hydrogens (tertiary/aromatic N) is 6. The molecule has 4 aromatic heterocycles. The van der Waals surface area contributed by atoms with Crippen molar-refractivity contribution >= 4 is 54.9 Å². The number of phosphoric acid groups is 1. The van der Waals surface area contributed by atoms with E-state index >= 15 is 4.39 Å². The first kappa shape index (κ1) is 33.0. The van der Waals surface area contributed by atoms with E-state index in [2.05, 4.69) is 37.2 Å². The number of methoxy groups -OCH3 is 1. The maximum absolute atomic E-state index is 16.0. The maximum Gasteiger partial charge on any atom is 0.472 e. The number of aromatic amines is 1. The van der Waals surface area contributed by atoms with Gasteiger partial charge in [-0.25, -0.2) is 37.8 Å². The van der Waals surface area contributed by atoms with Crippen molar-refractivity contribution in [3.05, 3.63) is 41.3 Å². The Morgan fingerprint density at radius 2 is 1.87 bits per heavy atom. The van der Waals surface area contributed by atoms with E-state index in [0.717, 1.165) is 30.5 Å². The summed E-state index contributed by atoms with van der Waals surface area (Å²) in [5.41, 5.74) is 4.90. The number of hydrogen-bond donors (Lipinski definition) is 5. The Balaban J connectivity index is 1.36. The molecule has 0 saturated carbocycles. The van der Waals surface area contributed by atoms with Crippen LogP contribution in [0.25, 0.3) is 22.2 Å². The second-order valence-corrected chi connectivity index (χ2v) is 14.5. The van der Waals surface area contributed by atoms with Crippen LogP contribution in [-0.4, -0.2) is 95.5 Å². The van der Waals surface area contributed by atoms with Crippen molar-refractivity contribution in [2.24, 2.45) is 5.92 Å². The number of hydrogen-bond acceptors (Lipinski definition) is 15. The van der Waals surface area contributed by atoms with Gasteiger partial charge in [0.05, 0.1) is 38.6 Å². The number of thiol groups is 1. The molecule has 0 spiro atoms. The minimum absolute atomic E-state index is 0.0234. The van der Waals surface area contributed by atoms with E-state index in [9.17, 15) is 28.3 Å². The number of anilines is 1. The zero-order valence-corrected chi connectivity index (χ0v) is 26.1. The number of aliphatic hydroxyl groups is 1. The molecule has 46 heavy (non-hydrogen) atoms. The number of ether oxygens (including phenoxy) is 2. The number of halogens is 2. The molecule has 4 aromatic rings. The molecular formula is C22H26F2N8O11P2S. The van der Waals surface area contributed by atoms with Crippen LogP contribution < -0.4 is 11.3 Å². The third-order valence-corrected chi connectivity index (χ3v) is 9.97. The number of nitrogen functional groups attached to an aromatic ring is 1. The third-order valence-electron chi connectivity index (χ3n) is 7.43. The van der Waals surface area contributed by atoms with E-state index in [0.29, 0.717) is 0 Å². The molecule has 2 fully saturated rings. The van der Waals surface area contributed by atoms with E-state index in [1.165, 1.54) is 10.9 Å². The number of H-pyrrole nitrogens is 1. The second-order valence-electron chi connectivity index (χ2n) is 10.2. The maximum atomic E-state index is 16.0. The van der Waals surface area contributed by atoms with Gasteiger partial charge in [-0.3, -0.25) is 32.0 Å². The van der Waals surface area contributed by atoms with Crippen LogP contribution in [0.5, 0.6) is 0 Å². The second kappa shape index (κ2) is 12.6. The Kier molecular flexibility index (Phi) is 9.06. The van der Waals surface area contributed by atoms with Crippen molar-refractivity contribution < 1.29 is 55.5 Å². The van der Waals surface area contributed by atoms with Crippen molar-refractivity contribution in [2.75, 3.05) is 32.7 Å². The molecular weight excluding hydrogens is 684 g/mol. The Morgan fingerprint density at radius 1 is 1.11 bits per heavy atom. The molecule has 19 nitrogen and oxygen atoms in total. The minimum atomic E-state index is -4.95. The number of imidazole rings is 1. The predicted molar refractivity (Wildman–Crippen MR) is 154 cm³/mol. The van der Waals surface area contributed by atoms with Gasteiger partial charge in [-0.2, -0.15) is 0 Å². The molecule has 2 aliphatic rings. The number of alkyl halides is 1. The van der Waals surface area contributed by atoms with Gasteiger partial charge in [0, 0.05) is 19.2 Å². The van der Waals surface area contributed by atoms with Crippen molar-refractivity contribution in [3.8, 4) is 0 Å². The van der Waals surface area contributed by atoms with Crippen LogP contribution in [-0.2, 0) is 36.7 Å². The summed E-state index contributed by atoms with van der Waals surface area (Å²) in [6.07, 6.45) is -6.06. The zero-order valence-electron chi connectivity index (χ0n) is 23.4. The van der Waals surface area contributed by atoms with Gasteiger partial charge in [0.25, 0.3) is 5.56 Å². The largest absolute Gasteiger partial charge is 0.472 e. The summed E-state index contributed by atoms with van der Waals surface area (Å²) in [4.78, 5) is 40.8. The minimum Gasteiger partial charge on any atom is -0.386 e. The molecule has 2 unspecified atom stereocenters. The van der Waals surface area contributed by atoms with Crippen LogP contribution in [0.2, 0.25) is 0 Å². The number of rotatable bonds is 3. The third kappa shape index (κ3) is 6.22. The summed E-state index contributed by atoms with van der Waals surface area (Å²) in [5, 5.41) is 10.7. The lowest BCUT2D eigenvalue weighted by molar-refractivity contribution is -0.110. The molecule has 0 aliphatic carbocycles. The quantitative estimate of drug-likeness (QED) is 0.148. The molecule has 6 rings (SSSR count). The summed E-state index contributed by atoms with van der Waals surface area (Å²) in [6.45, 7) is -6.87. The highest BCUT2D eigenvalue weighted by Crippen LogP contribution is 2.57. The van der Waals surface area contributed by atoms with Gasteiger partial charge in [0.2, 0.25) is 0 Å². The van der Waals surface area contributed by atoms with E-state index < -0.39 is 94.1 Å². The van der Waals surface area contributed by atoms with Crippen LogP contribution in [0.1, 0.15) is 12.5 Å². The van der Waals surface area contributed by atoms with Gasteiger partial charge >= 0.3 is 14.6 Å². The van der Waals surface area contributed by atoms with Gasteiger partial charge in [-0.15, -0.1) is 0 Å². The molecule has 2 saturated heterocycles. The highest BCUT2D eigenvalue weighted by atomic mass is 32.7. The fourth-order valence-electron chi connectivity index (χ4n) is 5.14. The molecule has 9 atom stereocenters. The monoisotopic (exact) mass is 710 g/mol. The van der Waals surface area contributed by atoms with Crippen molar-refractivity contribution in [1.82, 2.24) is 34.1 Å². The molecule has 0 aromatic carbocycles. The lowest BCUT2D eigenvalue weighted by Crippen LogP contribution is -2.40. The molecule has 0 radical (unpaired) electrons. The highest BCUT2D eigenvalue weighted by Gasteiger charge is 2.49. The summed E-state index contributed by atoms with van der Waals surface area (Å²) in [5.74, 6) is -2.38. The first-order valence-corrected chi connectivity index (χ1v) is 17.4. The summed E-state index contributed by atoms with van der Waals surface area (Å²) < 4.78 is 91.6. The average molecular weight is 711 g/mol. The highest BCUT2D eigenvalue weighted by molar-refractivity contribution is 8.44. The summed E-state index contributed by atoms with van der Waals surface area (Å²) >= 11 is 4.00. The van der Waals surface area contributed by atoms with Crippen LogP contribution in [0.15, 0.2) is 30.0 Å². The van der Waals surface area contributed by atoms with Gasteiger partial charge in [0.1, 0.15) is 29.4 Å². The van der Waals surface area contributed by atoms with E-state index in [1.54, 1.807) is 0 Å². The van der Waals surface area contributed by atoms with Crippen molar-refractivity contribution in [2.45, 2.75) is 36.9 Å². The molecule has 0 amide bonds. The Hall–Kier alpha value is -2.88. The topological polar surface area (TPSA) is 250 Å². The van der Waals surface area contributed by atoms with Crippen LogP contribution in [0.4, 0.5) is 14.6 Å². The SMILES string of the molecule is CO[C@@H]1COP(=O)(O)OC[C@H]2[C@@H](F)[C@H](n3cnc4c(N)ncnc43)O[C@@H]2COP(=O)(S)O[C@@H](n2cc(F)c3c(=O)[nH]cnc32)[C@@H]1O. The molecule has 24 heteroatoms. The lowest BCUT2D eigenvalue weighted by atomic mass is 10.0. The molecule has 0 bridgehead atoms.